The second-order valence-electron chi connectivity index (χ2n) is 4.70. The quantitative estimate of drug-likeness (QED) is 0.774. The minimum Gasteiger partial charge on any atom is -0.320 e. The molecule has 0 radical (unpaired) electrons. The highest BCUT2D eigenvalue weighted by Crippen LogP contribution is 2.41. The Hall–Kier alpha value is -0.410. The van der Waals surface area contributed by atoms with E-state index in [4.69, 9.17) is 5.73 Å². The molecule has 3 heteroatoms. The van der Waals surface area contributed by atoms with Crippen molar-refractivity contribution in [3.8, 4) is 0 Å². The summed E-state index contributed by atoms with van der Waals surface area (Å²) < 4.78 is 0. The van der Waals surface area contributed by atoms with Crippen molar-refractivity contribution in [3.63, 3.8) is 0 Å². The number of rotatable bonds is 1. The minimum atomic E-state index is -0.169. The fourth-order valence-corrected chi connectivity index (χ4v) is 3.12. The van der Waals surface area contributed by atoms with Crippen molar-refractivity contribution in [2.24, 2.45) is 17.6 Å². The first kappa shape index (κ1) is 10.1. The first-order valence-corrected chi connectivity index (χ1v) is 6.25. The lowest BCUT2D eigenvalue weighted by Crippen LogP contribution is -2.47. The molecule has 0 spiro atoms. The van der Waals surface area contributed by atoms with Crippen molar-refractivity contribution < 1.29 is 0 Å². The molecule has 0 amide bonds. The van der Waals surface area contributed by atoms with E-state index >= 15 is 0 Å². The Bertz CT molecular complexity index is 296. The van der Waals surface area contributed by atoms with Crippen molar-refractivity contribution in [1.82, 2.24) is 4.98 Å². The molecule has 2 nitrogen and oxygen atoms in total. The second-order valence-corrected chi connectivity index (χ2v) is 5.42. The fourth-order valence-electron chi connectivity index (χ4n) is 2.47. The summed E-state index contributed by atoms with van der Waals surface area (Å²) in [5.74, 6) is 1.29. The predicted molar refractivity (Wildman–Crippen MR) is 60.2 cm³/mol. The number of aromatic nitrogens is 1. The maximum atomic E-state index is 6.50. The summed E-state index contributed by atoms with van der Waals surface area (Å²) in [4.78, 5) is 4.39. The Morgan fingerprint density at radius 2 is 2.29 bits per heavy atom. The van der Waals surface area contributed by atoms with Gasteiger partial charge in [0.2, 0.25) is 0 Å². The third-order valence-electron chi connectivity index (χ3n) is 3.57. The molecule has 3 unspecified atom stereocenters. The van der Waals surface area contributed by atoms with Gasteiger partial charge >= 0.3 is 0 Å². The van der Waals surface area contributed by atoms with E-state index in [0.29, 0.717) is 5.92 Å². The molecule has 3 atom stereocenters. The first-order chi connectivity index (χ1) is 6.63. The van der Waals surface area contributed by atoms with Crippen LogP contribution < -0.4 is 5.73 Å². The van der Waals surface area contributed by atoms with Gasteiger partial charge in [0.15, 0.2) is 0 Å². The van der Waals surface area contributed by atoms with Gasteiger partial charge in [-0.15, -0.1) is 11.3 Å². The summed E-state index contributed by atoms with van der Waals surface area (Å²) in [5, 5.41) is 2.11. The van der Waals surface area contributed by atoms with Crippen LogP contribution in [0, 0.1) is 11.8 Å². The van der Waals surface area contributed by atoms with Crippen LogP contribution >= 0.6 is 11.3 Å². The van der Waals surface area contributed by atoms with Crippen LogP contribution in [-0.2, 0) is 5.54 Å². The standard InChI is InChI=1S/C11H18N2S/c1-8-3-4-9(2)11(12,5-8)10-6-14-7-13-10/h6-9H,3-5,12H2,1-2H3. The third kappa shape index (κ3) is 1.59. The fraction of sp³-hybridized carbons (Fsp3) is 0.727. The zero-order valence-corrected chi connectivity index (χ0v) is 9.68. The van der Waals surface area contributed by atoms with Crippen molar-refractivity contribution in [2.75, 3.05) is 0 Å². The molecule has 1 aromatic rings. The maximum Gasteiger partial charge on any atom is 0.0795 e. The Balaban J connectivity index is 2.28. The van der Waals surface area contributed by atoms with Gasteiger partial charge in [0.1, 0.15) is 0 Å². The maximum absolute atomic E-state index is 6.50. The molecule has 2 N–H and O–H groups in total. The monoisotopic (exact) mass is 210 g/mol. The van der Waals surface area contributed by atoms with Crippen LogP contribution in [0.5, 0.6) is 0 Å². The second kappa shape index (κ2) is 3.63. The highest BCUT2D eigenvalue weighted by atomic mass is 32.1. The van der Waals surface area contributed by atoms with E-state index < -0.39 is 0 Å². The van der Waals surface area contributed by atoms with E-state index in [1.807, 2.05) is 5.51 Å². The van der Waals surface area contributed by atoms with E-state index in [9.17, 15) is 0 Å². The molecule has 78 valence electrons. The Morgan fingerprint density at radius 1 is 1.50 bits per heavy atom. The van der Waals surface area contributed by atoms with Gasteiger partial charge in [0.05, 0.1) is 16.7 Å². The Morgan fingerprint density at radius 3 is 2.93 bits per heavy atom. The van der Waals surface area contributed by atoms with Crippen molar-refractivity contribution in [2.45, 2.75) is 38.6 Å². The van der Waals surface area contributed by atoms with Crippen LogP contribution in [0.25, 0.3) is 0 Å². The lowest BCUT2D eigenvalue weighted by molar-refractivity contribution is 0.158. The summed E-state index contributed by atoms with van der Waals surface area (Å²) in [5.41, 5.74) is 9.32. The third-order valence-corrected chi connectivity index (χ3v) is 4.15. The van der Waals surface area contributed by atoms with Gasteiger partial charge in [-0.1, -0.05) is 20.3 Å². The van der Waals surface area contributed by atoms with Gasteiger partial charge in [-0.3, -0.25) is 0 Å². The van der Waals surface area contributed by atoms with Crippen LogP contribution in [-0.4, -0.2) is 4.98 Å². The number of hydrogen-bond donors (Lipinski definition) is 1. The summed E-state index contributed by atoms with van der Waals surface area (Å²) in [6.07, 6.45) is 3.62. The first-order valence-electron chi connectivity index (χ1n) is 5.30. The normalized spacial score (nSPS) is 38.5. The summed E-state index contributed by atoms with van der Waals surface area (Å²) in [6, 6.07) is 0. The number of nitrogens with zero attached hydrogens (tertiary/aromatic N) is 1. The van der Waals surface area contributed by atoms with Gasteiger partial charge in [-0.25, -0.2) is 4.98 Å². The number of thiazole rings is 1. The minimum absolute atomic E-state index is 0.169. The Labute approximate surface area is 89.5 Å². The van der Waals surface area contributed by atoms with Gasteiger partial charge in [0.25, 0.3) is 0 Å². The van der Waals surface area contributed by atoms with E-state index in [1.54, 1.807) is 11.3 Å². The van der Waals surface area contributed by atoms with Gasteiger partial charge in [-0.05, 0) is 24.7 Å². The number of hydrogen-bond acceptors (Lipinski definition) is 3. The van der Waals surface area contributed by atoms with Crippen LogP contribution in [0.1, 0.15) is 38.8 Å². The van der Waals surface area contributed by atoms with E-state index in [1.165, 1.54) is 12.8 Å². The van der Waals surface area contributed by atoms with Gasteiger partial charge in [-0.2, -0.15) is 0 Å². The van der Waals surface area contributed by atoms with Gasteiger partial charge < -0.3 is 5.73 Å². The van der Waals surface area contributed by atoms with Crippen LogP contribution in [0.4, 0.5) is 0 Å². The zero-order chi connectivity index (χ0) is 10.2. The molecule has 0 saturated heterocycles. The molecule has 0 aromatic carbocycles. The SMILES string of the molecule is CC1CCC(C)C(N)(c2cscn2)C1. The molecule has 1 saturated carbocycles. The predicted octanol–water partition coefficient (Wildman–Crippen LogP) is 2.75. The molecule has 2 rings (SSSR count). The lowest BCUT2D eigenvalue weighted by atomic mass is 9.69. The number of nitrogens with two attached hydrogens (primary N) is 1. The molecule has 1 fully saturated rings. The average Bonchev–Trinajstić information content (AvgIpc) is 2.65. The molecule has 1 aliphatic carbocycles. The summed E-state index contributed by atoms with van der Waals surface area (Å²) >= 11 is 1.64. The highest BCUT2D eigenvalue weighted by molar-refractivity contribution is 7.07. The molecule has 1 heterocycles. The topological polar surface area (TPSA) is 38.9 Å². The summed E-state index contributed by atoms with van der Waals surface area (Å²) in [6.45, 7) is 4.55. The van der Waals surface area contributed by atoms with E-state index in [0.717, 1.165) is 18.0 Å². The van der Waals surface area contributed by atoms with E-state index in [2.05, 4.69) is 24.2 Å². The molecular weight excluding hydrogens is 192 g/mol. The molecule has 1 aromatic heterocycles. The summed E-state index contributed by atoms with van der Waals surface area (Å²) in [7, 11) is 0. The zero-order valence-electron chi connectivity index (χ0n) is 8.86. The smallest absolute Gasteiger partial charge is 0.0795 e. The van der Waals surface area contributed by atoms with Crippen LogP contribution in [0.15, 0.2) is 10.9 Å². The van der Waals surface area contributed by atoms with Gasteiger partial charge in [0, 0.05) is 5.38 Å². The molecule has 14 heavy (non-hydrogen) atoms. The van der Waals surface area contributed by atoms with E-state index in [-0.39, 0.29) is 5.54 Å². The van der Waals surface area contributed by atoms with Crippen LogP contribution in [0.3, 0.4) is 0 Å². The van der Waals surface area contributed by atoms with Crippen LogP contribution in [0.2, 0.25) is 0 Å². The highest BCUT2D eigenvalue weighted by Gasteiger charge is 2.39. The molecule has 1 aliphatic rings. The van der Waals surface area contributed by atoms with Crippen molar-refractivity contribution in [1.29, 1.82) is 0 Å². The molecule has 0 aliphatic heterocycles. The average molecular weight is 210 g/mol. The molecular formula is C11H18N2S. The molecule has 0 bridgehead atoms. The van der Waals surface area contributed by atoms with Crippen molar-refractivity contribution >= 4 is 11.3 Å². The van der Waals surface area contributed by atoms with Crippen molar-refractivity contribution in [3.05, 3.63) is 16.6 Å². The Kier molecular flexibility index (Phi) is 2.62. The largest absolute Gasteiger partial charge is 0.320 e. The lowest BCUT2D eigenvalue weighted by Gasteiger charge is -2.41.